The zero-order chi connectivity index (χ0) is 15.8. The highest BCUT2D eigenvalue weighted by molar-refractivity contribution is 7.99. The summed E-state index contributed by atoms with van der Waals surface area (Å²) in [5.41, 5.74) is 0. The van der Waals surface area contributed by atoms with E-state index in [0.717, 1.165) is 31.3 Å². The van der Waals surface area contributed by atoms with Gasteiger partial charge in [-0.2, -0.15) is 0 Å². The van der Waals surface area contributed by atoms with E-state index >= 15 is 0 Å². The molecule has 112 valence electrons. The Balaban J connectivity index is 1.82. The van der Waals surface area contributed by atoms with Crippen LogP contribution in [0.25, 0.3) is 21.5 Å². The Morgan fingerprint density at radius 1 is 0.522 bits per heavy atom. The van der Waals surface area contributed by atoms with E-state index in [1.165, 1.54) is 11.8 Å². The summed E-state index contributed by atoms with van der Waals surface area (Å²) < 4.78 is 0. The van der Waals surface area contributed by atoms with Gasteiger partial charge >= 0.3 is 0 Å². The molecule has 4 aromatic carbocycles. The molecule has 0 aromatic heterocycles. The Morgan fingerprint density at radius 3 is 1.43 bits per heavy atom. The number of benzene rings is 4. The van der Waals surface area contributed by atoms with Crippen molar-refractivity contribution >= 4 is 33.3 Å². The van der Waals surface area contributed by atoms with E-state index in [2.05, 4.69) is 0 Å². The monoisotopic (exact) mass is 318 g/mol. The quantitative estimate of drug-likeness (QED) is 0.508. The Bertz CT molecular complexity index is 941. The third-order valence-corrected chi connectivity index (χ3v) is 5.05. The standard InChI is InChI=1S/C20H14O2S/c21-19-15-7-3-1-5-13(15)9-11-17(19)23-18-12-10-14-6-2-4-8-16(14)20(18)22/h1-12,21-22H. The molecule has 23 heavy (non-hydrogen) atoms. The molecule has 0 saturated carbocycles. The van der Waals surface area contributed by atoms with Gasteiger partial charge in [0.15, 0.2) is 0 Å². The summed E-state index contributed by atoms with van der Waals surface area (Å²) >= 11 is 1.37. The maximum absolute atomic E-state index is 10.5. The number of hydrogen-bond donors (Lipinski definition) is 2. The molecule has 0 fully saturated rings. The molecule has 0 aliphatic heterocycles. The van der Waals surface area contributed by atoms with Crippen LogP contribution in [0, 0.1) is 0 Å². The van der Waals surface area contributed by atoms with E-state index in [-0.39, 0.29) is 11.5 Å². The average molecular weight is 318 g/mol. The first-order valence-corrected chi connectivity index (χ1v) is 8.15. The molecule has 0 heterocycles. The summed E-state index contributed by atoms with van der Waals surface area (Å²) in [6, 6.07) is 23.2. The van der Waals surface area contributed by atoms with Crippen molar-refractivity contribution in [3.8, 4) is 11.5 Å². The van der Waals surface area contributed by atoms with Gasteiger partial charge in [-0.15, -0.1) is 0 Å². The minimum Gasteiger partial charge on any atom is -0.506 e. The topological polar surface area (TPSA) is 40.5 Å². The second kappa shape index (κ2) is 5.52. The molecule has 2 N–H and O–H groups in total. The van der Waals surface area contributed by atoms with Crippen molar-refractivity contribution in [3.63, 3.8) is 0 Å². The number of fused-ring (bicyclic) bond motifs is 2. The van der Waals surface area contributed by atoms with Crippen molar-refractivity contribution in [1.82, 2.24) is 0 Å². The summed E-state index contributed by atoms with van der Waals surface area (Å²) in [5, 5.41) is 24.7. The summed E-state index contributed by atoms with van der Waals surface area (Å²) in [6.07, 6.45) is 0. The van der Waals surface area contributed by atoms with E-state index in [0.29, 0.717) is 0 Å². The van der Waals surface area contributed by atoms with Crippen LogP contribution in [0.5, 0.6) is 11.5 Å². The SMILES string of the molecule is Oc1c(Sc2ccc3ccccc3c2O)ccc2ccccc12. The minimum absolute atomic E-state index is 0.251. The largest absolute Gasteiger partial charge is 0.506 e. The lowest BCUT2D eigenvalue weighted by Gasteiger charge is -2.10. The second-order valence-electron chi connectivity index (χ2n) is 5.37. The number of phenols is 2. The van der Waals surface area contributed by atoms with Gasteiger partial charge in [0, 0.05) is 10.8 Å². The molecule has 0 amide bonds. The van der Waals surface area contributed by atoms with E-state index < -0.39 is 0 Å². The molecule has 4 aromatic rings. The fourth-order valence-corrected chi connectivity index (χ4v) is 3.68. The molecule has 2 nitrogen and oxygen atoms in total. The minimum atomic E-state index is 0.251. The summed E-state index contributed by atoms with van der Waals surface area (Å²) in [6.45, 7) is 0. The number of phenolic OH excluding ortho intramolecular Hbond substituents is 2. The number of hydrogen-bond acceptors (Lipinski definition) is 3. The third kappa shape index (κ3) is 2.39. The Hall–Kier alpha value is -2.65. The predicted octanol–water partition coefficient (Wildman–Crippen LogP) is 5.56. The van der Waals surface area contributed by atoms with Gasteiger partial charge in [0.05, 0.1) is 9.79 Å². The molecule has 0 bridgehead atoms. The van der Waals surface area contributed by atoms with E-state index in [1.807, 2.05) is 72.8 Å². The van der Waals surface area contributed by atoms with E-state index in [1.54, 1.807) is 0 Å². The van der Waals surface area contributed by atoms with Crippen LogP contribution in [0.3, 0.4) is 0 Å². The van der Waals surface area contributed by atoms with Gasteiger partial charge in [-0.3, -0.25) is 0 Å². The lowest BCUT2D eigenvalue weighted by molar-refractivity contribution is 0.466. The van der Waals surface area contributed by atoms with Gasteiger partial charge in [-0.1, -0.05) is 72.4 Å². The highest BCUT2D eigenvalue weighted by Gasteiger charge is 2.12. The van der Waals surface area contributed by atoms with Crippen LogP contribution in [0.1, 0.15) is 0 Å². The predicted molar refractivity (Wildman–Crippen MR) is 95.3 cm³/mol. The third-order valence-electron chi connectivity index (χ3n) is 3.95. The molecule has 3 heteroatoms. The van der Waals surface area contributed by atoms with Gasteiger partial charge in [0.25, 0.3) is 0 Å². The highest BCUT2D eigenvalue weighted by Crippen LogP contribution is 2.43. The Kier molecular flexibility index (Phi) is 3.36. The molecule has 0 aliphatic carbocycles. The number of aromatic hydroxyl groups is 2. The van der Waals surface area contributed by atoms with Crippen LogP contribution in [-0.2, 0) is 0 Å². The van der Waals surface area contributed by atoms with Crippen molar-refractivity contribution in [2.45, 2.75) is 9.79 Å². The van der Waals surface area contributed by atoms with Gasteiger partial charge in [-0.05, 0) is 22.9 Å². The molecule has 0 radical (unpaired) electrons. The van der Waals surface area contributed by atoms with Crippen LogP contribution in [-0.4, -0.2) is 10.2 Å². The van der Waals surface area contributed by atoms with E-state index in [9.17, 15) is 10.2 Å². The second-order valence-corrected chi connectivity index (χ2v) is 6.45. The maximum Gasteiger partial charge on any atom is 0.137 e. The van der Waals surface area contributed by atoms with Gasteiger partial charge in [-0.25, -0.2) is 0 Å². The van der Waals surface area contributed by atoms with Crippen LogP contribution >= 0.6 is 11.8 Å². The van der Waals surface area contributed by atoms with Gasteiger partial charge < -0.3 is 10.2 Å². The fourth-order valence-electron chi connectivity index (χ4n) is 2.75. The highest BCUT2D eigenvalue weighted by atomic mass is 32.2. The molecule has 0 aliphatic rings. The van der Waals surface area contributed by atoms with Crippen molar-refractivity contribution in [2.75, 3.05) is 0 Å². The summed E-state index contributed by atoms with van der Waals surface area (Å²) in [5.74, 6) is 0.501. The Labute approximate surface area is 138 Å². The van der Waals surface area contributed by atoms with Crippen LogP contribution < -0.4 is 0 Å². The van der Waals surface area contributed by atoms with Gasteiger partial charge in [0.2, 0.25) is 0 Å². The van der Waals surface area contributed by atoms with Crippen LogP contribution in [0.4, 0.5) is 0 Å². The molecule has 0 atom stereocenters. The molecule has 0 spiro atoms. The van der Waals surface area contributed by atoms with Crippen molar-refractivity contribution in [3.05, 3.63) is 72.8 Å². The van der Waals surface area contributed by atoms with Crippen LogP contribution in [0.15, 0.2) is 82.6 Å². The molecule has 0 saturated heterocycles. The molecule has 0 unspecified atom stereocenters. The number of rotatable bonds is 2. The zero-order valence-electron chi connectivity index (χ0n) is 12.2. The first-order valence-electron chi connectivity index (χ1n) is 7.33. The van der Waals surface area contributed by atoms with Crippen molar-refractivity contribution in [1.29, 1.82) is 0 Å². The molecule has 4 rings (SSSR count). The van der Waals surface area contributed by atoms with E-state index in [4.69, 9.17) is 0 Å². The smallest absolute Gasteiger partial charge is 0.137 e. The first-order chi connectivity index (χ1) is 11.2. The fraction of sp³-hybridized carbons (Fsp3) is 0. The van der Waals surface area contributed by atoms with Crippen molar-refractivity contribution in [2.24, 2.45) is 0 Å². The lowest BCUT2D eigenvalue weighted by atomic mass is 10.1. The average Bonchev–Trinajstić information content (AvgIpc) is 2.60. The normalized spacial score (nSPS) is 11.1. The molecular formula is C20H14O2S. The first kappa shape index (κ1) is 14.0. The zero-order valence-corrected chi connectivity index (χ0v) is 13.0. The lowest BCUT2D eigenvalue weighted by Crippen LogP contribution is -1.81. The van der Waals surface area contributed by atoms with Crippen LogP contribution in [0.2, 0.25) is 0 Å². The maximum atomic E-state index is 10.5. The molecular weight excluding hydrogens is 304 g/mol. The summed E-state index contributed by atoms with van der Waals surface area (Å²) in [4.78, 5) is 1.46. The van der Waals surface area contributed by atoms with Gasteiger partial charge in [0.1, 0.15) is 11.5 Å². The Morgan fingerprint density at radius 2 is 0.957 bits per heavy atom. The van der Waals surface area contributed by atoms with Crippen molar-refractivity contribution < 1.29 is 10.2 Å². The summed E-state index contributed by atoms with van der Waals surface area (Å²) in [7, 11) is 0.